The normalized spacial score (nSPS) is 15.4. The molecule has 0 aliphatic carbocycles. The average Bonchev–Trinajstić information content (AvgIpc) is 3.49. The highest BCUT2D eigenvalue weighted by molar-refractivity contribution is 7.59. The molecule has 3 aromatic heterocycles. The summed E-state index contributed by atoms with van der Waals surface area (Å²) in [5, 5.41) is 10.6. The van der Waals surface area contributed by atoms with Gasteiger partial charge < -0.3 is 16.0 Å². The number of likely N-dealkylation sites (tertiary alicyclic amines) is 1. The highest BCUT2D eigenvalue weighted by Crippen LogP contribution is 2.27. The summed E-state index contributed by atoms with van der Waals surface area (Å²) in [5.74, 6) is 1.62. The second-order valence-corrected chi connectivity index (χ2v) is 11.0. The molecule has 3 N–H and O–H groups in total. The molecule has 1 amide bonds. The van der Waals surface area contributed by atoms with Crippen LogP contribution in [0.15, 0.2) is 91.5 Å². The predicted molar refractivity (Wildman–Crippen MR) is 181 cm³/mol. The molecule has 1 fully saturated rings. The van der Waals surface area contributed by atoms with Gasteiger partial charge in [-0.25, -0.2) is 15.0 Å². The van der Waals surface area contributed by atoms with Gasteiger partial charge in [0.15, 0.2) is 0 Å². The summed E-state index contributed by atoms with van der Waals surface area (Å²) in [4.78, 5) is 33.0. The van der Waals surface area contributed by atoms with Gasteiger partial charge in [-0.3, -0.25) is 14.7 Å². The highest BCUT2D eigenvalue weighted by atomic mass is 32.1. The number of para-hydroxylation sites is 1. The molecule has 1 unspecified atom stereocenters. The van der Waals surface area contributed by atoms with E-state index >= 15 is 0 Å². The number of benzene rings is 2. The zero-order valence-electron chi connectivity index (χ0n) is 25.0. The molecule has 1 saturated heterocycles. The number of nitrogens with zero attached hydrogens (tertiary/aromatic N) is 5. The van der Waals surface area contributed by atoms with Gasteiger partial charge in [0, 0.05) is 74.6 Å². The summed E-state index contributed by atoms with van der Waals surface area (Å²) in [6.45, 7) is 5.84. The number of carbonyl (C=O) groups excluding carboxylic acids is 1. The van der Waals surface area contributed by atoms with Crippen molar-refractivity contribution in [3.8, 4) is 11.3 Å². The third kappa shape index (κ3) is 7.15. The van der Waals surface area contributed by atoms with Gasteiger partial charge in [0.1, 0.15) is 18.0 Å². The van der Waals surface area contributed by atoms with Crippen molar-refractivity contribution in [1.29, 1.82) is 0 Å². The van der Waals surface area contributed by atoms with E-state index in [4.69, 9.17) is 0 Å². The fourth-order valence-electron chi connectivity index (χ4n) is 5.68. The first-order valence-electron chi connectivity index (χ1n) is 14.7. The molecule has 6 rings (SSSR count). The molecule has 0 radical (unpaired) electrons. The zero-order chi connectivity index (χ0) is 29.6. The van der Waals surface area contributed by atoms with E-state index in [1.807, 2.05) is 36.5 Å². The maximum absolute atomic E-state index is 12.4. The van der Waals surface area contributed by atoms with Gasteiger partial charge in [-0.2, -0.15) is 13.5 Å². The molecular formula is C34H38N8OS. The molecule has 1 aliphatic rings. The van der Waals surface area contributed by atoms with Crippen molar-refractivity contribution in [2.75, 3.05) is 37.3 Å². The third-order valence-electron chi connectivity index (χ3n) is 7.99. The Morgan fingerprint density at radius 2 is 1.84 bits per heavy atom. The van der Waals surface area contributed by atoms with Gasteiger partial charge in [-0.05, 0) is 35.7 Å². The summed E-state index contributed by atoms with van der Waals surface area (Å²) in [6.07, 6.45) is 6.22. The Bertz CT molecular complexity index is 1700. The Labute approximate surface area is 265 Å². The number of hydrogen-bond donors (Lipinski definition) is 3. The first kappa shape index (κ1) is 30.9. The summed E-state index contributed by atoms with van der Waals surface area (Å²) in [7, 11) is 1.64. The van der Waals surface area contributed by atoms with Crippen LogP contribution < -0.4 is 16.0 Å². The van der Waals surface area contributed by atoms with Gasteiger partial charge in [-0.15, -0.1) is 0 Å². The number of hydrogen-bond acceptors (Lipinski definition) is 8. The molecule has 0 saturated carbocycles. The highest BCUT2D eigenvalue weighted by Gasteiger charge is 2.22. The van der Waals surface area contributed by atoms with Crippen LogP contribution >= 0.6 is 13.5 Å². The Balaban J connectivity index is 0.00000384. The van der Waals surface area contributed by atoms with Gasteiger partial charge in [0.2, 0.25) is 0 Å². The van der Waals surface area contributed by atoms with E-state index in [9.17, 15) is 4.79 Å². The summed E-state index contributed by atoms with van der Waals surface area (Å²) < 4.78 is 0. The van der Waals surface area contributed by atoms with E-state index in [1.165, 1.54) is 5.56 Å². The van der Waals surface area contributed by atoms with Gasteiger partial charge >= 0.3 is 0 Å². The lowest BCUT2D eigenvalue weighted by atomic mass is 9.96. The first-order valence-corrected chi connectivity index (χ1v) is 14.7. The van der Waals surface area contributed by atoms with Crippen LogP contribution in [0.25, 0.3) is 22.2 Å². The quantitative estimate of drug-likeness (QED) is 0.192. The van der Waals surface area contributed by atoms with Crippen LogP contribution in [-0.2, 0) is 6.54 Å². The molecule has 0 spiro atoms. The number of anilines is 2. The SMILES string of the molecule is CNC(=O)c1ccnc2c([C@H](C)CNc3cc(-c4ccc(NC5CCN(Cc6ccccc6)C5)nc4)ncn3)cccc12.S. The van der Waals surface area contributed by atoms with Crippen LogP contribution in [0, 0.1) is 0 Å². The summed E-state index contributed by atoms with van der Waals surface area (Å²) >= 11 is 0. The molecule has 4 heterocycles. The molecule has 5 aromatic rings. The molecule has 2 atom stereocenters. The minimum Gasteiger partial charge on any atom is -0.369 e. The van der Waals surface area contributed by atoms with Crippen LogP contribution in [0.2, 0.25) is 0 Å². The number of amides is 1. The van der Waals surface area contributed by atoms with Gasteiger partial charge in [0.05, 0.1) is 16.8 Å². The van der Waals surface area contributed by atoms with Crippen LogP contribution in [0.3, 0.4) is 0 Å². The zero-order valence-corrected chi connectivity index (χ0v) is 26.0. The van der Waals surface area contributed by atoms with Crippen LogP contribution in [-0.4, -0.2) is 63.5 Å². The molecular weight excluding hydrogens is 568 g/mol. The smallest absolute Gasteiger partial charge is 0.251 e. The number of carbonyl (C=O) groups is 1. The Hall–Kier alpha value is -4.54. The summed E-state index contributed by atoms with van der Waals surface area (Å²) in [5.41, 5.74) is 5.62. The minimum atomic E-state index is -0.119. The minimum absolute atomic E-state index is 0. The van der Waals surface area contributed by atoms with Crippen LogP contribution in [0.1, 0.15) is 40.7 Å². The Morgan fingerprint density at radius 3 is 2.64 bits per heavy atom. The molecule has 10 heteroatoms. The number of aromatic nitrogens is 4. The largest absolute Gasteiger partial charge is 0.369 e. The van der Waals surface area contributed by atoms with Crippen molar-refractivity contribution < 1.29 is 4.79 Å². The lowest BCUT2D eigenvalue weighted by Crippen LogP contribution is -2.26. The first-order chi connectivity index (χ1) is 21.1. The number of fused-ring (bicyclic) bond motifs is 1. The van der Waals surface area contributed by atoms with Gasteiger partial charge in [-0.1, -0.05) is 55.5 Å². The monoisotopic (exact) mass is 606 g/mol. The maximum atomic E-state index is 12.4. The molecule has 2 aromatic carbocycles. The van der Waals surface area contributed by atoms with E-state index in [2.05, 4.69) is 84.1 Å². The predicted octanol–water partition coefficient (Wildman–Crippen LogP) is 5.46. The van der Waals surface area contributed by atoms with Crippen molar-refractivity contribution in [3.05, 3.63) is 108 Å². The number of nitrogens with one attached hydrogen (secondary N) is 3. The molecule has 44 heavy (non-hydrogen) atoms. The van der Waals surface area contributed by atoms with E-state index in [0.717, 1.165) is 65.4 Å². The van der Waals surface area contributed by atoms with E-state index in [1.54, 1.807) is 25.6 Å². The van der Waals surface area contributed by atoms with E-state index in [-0.39, 0.29) is 25.3 Å². The van der Waals surface area contributed by atoms with Crippen LogP contribution in [0.5, 0.6) is 0 Å². The fourth-order valence-corrected chi connectivity index (χ4v) is 5.68. The topological polar surface area (TPSA) is 108 Å². The van der Waals surface area contributed by atoms with Crippen molar-refractivity contribution >= 4 is 41.9 Å². The molecule has 226 valence electrons. The molecule has 0 bridgehead atoms. The van der Waals surface area contributed by atoms with Gasteiger partial charge in [0.25, 0.3) is 5.91 Å². The number of pyridine rings is 2. The maximum Gasteiger partial charge on any atom is 0.251 e. The van der Waals surface area contributed by atoms with E-state index in [0.29, 0.717) is 18.2 Å². The standard InChI is InChI=1S/C34H36N8O.H2S/c1-23(27-9-6-10-28-29(34(43)35-2)13-15-36-33(27)28)18-37-32-17-30(39-22-40-32)25-11-12-31(38-19-25)41-26-14-16-42(21-26)20-24-7-4-3-5-8-24;/h3-13,15,17,19,22-23,26H,14,16,18,20-21H2,1-2H3,(H,35,43)(H,38,41)(H,37,39,40);1H2/t23-,26?;/m1./s1. The van der Waals surface area contributed by atoms with Crippen LogP contribution in [0.4, 0.5) is 11.6 Å². The van der Waals surface area contributed by atoms with Crippen molar-refractivity contribution in [3.63, 3.8) is 0 Å². The second-order valence-electron chi connectivity index (χ2n) is 11.0. The third-order valence-corrected chi connectivity index (χ3v) is 7.99. The molecule has 1 aliphatic heterocycles. The summed E-state index contributed by atoms with van der Waals surface area (Å²) in [6, 6.07) is 24.7. The van der Waals surface area contributed by atoms with E-state index < -0.39 is 0 Å². The van der Waals surface area contributed by atoms with Crippen molar-refractivity contribution in [2.45, 2.75) is 31.8 Å². The second kappa shape index (κ2) is 14.3. The van der Waals surface area contributed by atoms with Crippen molar-refractivity contribution in [1.82, 2.24) is 30.2 Å². The average molecular weight is 607 g/mol. The van der Waals surface area contributed by atoms with Crippen molar-refractivity contribution in [2.24, 2.45) is 0 Å². The Kier molecular flexibility index (Phi) is 10.0. The number of rotatable bonds is 10. The fraction of sp³-hybridized carbons (Fsp3) is 0.265. The molecule has 9 nitrogen and oxygen atoms in total. The Morgan fingerprint density at radius 1 is 0.977 bits per heavy atom. The lowest BCUT2D eigenvalue weighted by molar-refractivity contribution is 0.0964. The lowest BCUT2D eigenvalue weighted by Gasteiger charge is -2.17.